The fraction of sp³-hybridized carbons (Fsp3) is 0.417. The van der Waals surface area contributed by atoms with E-state index in [4.69, 9.17) is 27.9 Å². The molecule has 6 heteroatoms. The molecular formula is C12H14Cl2N2O2. The maximum atomic E-state index is 11.8. The third kappa shape index (κ3) is 3.07. The number of nitrogens with one attached hydrogen (secondary N) is 2. The molecule has 1 aliphatic heterocycles. The largest absolute Gasteiger partial charge is 0.379 e. The van der Waals surface area contributed by atoms with E-state index in [2.05, 4.69) is 10.6 Å². The summed E-state index contributed by atoms with van der Waals surface area (Å²) in [4.78, 5) is 11.8. The van der Waals surface area contributed by atoms with Gasteiger partial charge in [0.15, 0.2) is 0 Å². The average Bonchev–Trinajstić information content (AvgIpc) is 2.82. The van der Waals surface area contributed by atoms with Crippen LogP contribution in [0.1, 0.15) is 12.0 Å². The van der Waals surface area contributed by atoms with E-state index in [0.29, 0.717) is 28.9 Å². The van der Waals surface area contributed by atoms with Crippen molar-refractivity contribution in [2.75, 3.05) is 18.5 Å². The molecule has 98 valence electrons. The zero-order valence-electron chi connectivity index (χ0n) is 9.93. The molecule has 0 aromatic heterocycles. The van der Waals surface area contributed by atoms with Gasteiger partial charge in [0, 0.05) is 6.61 Å². The monoisotopic (exact) mass is 288 g/mol. The second kappa shape index (κ2) is 5.78. The van der Waals surface area contributed by atoms with Crippen LogP contribution in [0.2, 0.25) is 10.0 Å². The molecule has 2 rings (SSSR count). The first kappa shape index (κ1) is 13.5. The lowest BCUT2D eigenvalue weighted by Crippen LogP contribution is -2.38. The van der Waals surface area contributed by atoms with Crippen LogP contribution in [0.15, 0.2) is 12.1 Å². The van der Waals surface area contributed by atoms with E-state index in [-0.39, 0.29) is 12.1 Å². The number of hydrogen-bond acceptors (Lipinski definition) is 2. The molecule has 4 nitrogen and oxygen atoms in total. The van der Waals surface area contributed by atoms with Gasteiger partial charge in [-0.15, -0.1) is 0 Å². The van der Waals surface area contributed by atoms with Crippen LogP contribution < -0.4 is 10.6 Å². The minimum absolute atomic E-state index is 0.0485. The number of anilines is 1. The molecule has 1 saturated heterocycles. The van der Waals surface area contributed by atoms with Crippen molar-refractivity contribution in [1.29, 1.82) is 0 Å². The fourth-order valence-corrected chi connectivity index (χ4v) is 2.22. The van der Waals surface area contributed by atoms with Crippen LogP contribution in [0, 0.1) is 6.92 Å². The lowest BCUT2D eigenvalue weighted by molar-refractivity contribution is 0.189. The molecule has 0 saturated carbocycles. The summed E-state index contributed by atoms with van der Waals surface area (Å²) in [5, 5.41) is 6.36. The summed E-state index contributed by atoms with van der Waals surface area (Å²) in [6, 6.07) is 3.24. The van der Waals surface area contributed by atoms with E-state index in [1.807, 2.05) is 6.92 Å². The highest BCUT2D eigenvalue weighted by Crippen LogP contribution is 2.32. The minimum atomic E-state index is -0.320. The SMILES string of the molecule is Cc1ccc(Cl)c(NC(=O)NC2CCOC2)c1Cl. The van der Waals surface area contributed by atoms with E-state index in [1.54, 1.807) is 12.1 Å². The Kier molecular flexibility index (Phi) is 4.32. The molecule has 0 bridgehead atoms. The standard InChI is InChI=1S/C12H14Cl2N2O2/c1-7-2-3-9(13)11(10(7)14)16-12(17)15-8-4-5-18-6-8/h2-3,8H,4-6H2,1H3,(H2,15,16,17). The van der Waals surface area contributed by atoms with Gasteiger partial charge in [-0.25, -0.2) is 4.79 Å². The Morgan fingerprint density at radius 1 is 1.44 bits per heavy atom. The number of urea groups is 1. The summed E-state index contributed by atoms with van der Waals surface area (Å²) < 4.78 is 5.18. The van der Waals surface area contributed by atoms with Crippen molar-refractivity contribution in [3.63, 3.8) is 0 Å². The number of hydrogen-bond donors (Lipinski definition) is 2. The first-order valence-electron chi connectivity index (χ1n) is 5.68. The number of ether oxygens (including phenoxy) is 1. The number of benzene rings is 1. The van der Waals surface area contributed by atoms with E-state index in [0.717, 1.165) is 12.0 Å². The Balaban J connectivity index is 2.04. The molecule has 2 N–H and O–H groups in total. The van der Waals surface area contributed by atoms with Gasteiger partial charge >= 0.3 is 6.03 Å². The van der Waals surface area contributed by atoms with Crippen LogP contribution in [-0.4, -0.2) is 25.3 Å². The summed E-state index contributed by atoms with van der Waals surface area (Å²) in [6.07, 6.45) is 0.822. The molecule has 1 heterocycles. The second-order valence-corrected chi connectivity index (χ2v) is 5.00. The first-order chi connectivity index (χ1) is 8.58. The Morgan fingerprint density at radius 2 is 2.22 bits per heavy atom. The Hall–Kier alpha value is -0.970. The van der Waals surface area contributed by atoms with Gasteiger partial charge < -0.3 is 15.4 Å². The average molecular weight is 289 g/mol. The van der Waals surface area contributed by atoms with Crippen LogP contribution in [-0.2, 0) is 4.74 Å². The van der Waals surface area contributed by atoms with Crippen molar-refractivity contribution >= 4 is 34.9 Å². The van der Waals surface area contributed by atoms with Crippen LogP contribution in [0.25, 0.3) is 0 Å². The summed E-state index contributed by atoms with van der Waals surface area (Å²) in [7, 11) is 0. The maximum Gasteiger partial charge on any atom is 0.319 e. The molecule has 1 fully saturated rings. The highest BCUT2D eigenvalue weighted by Gasteiger charge is 2.19. The quantitative estimate of drug-likeness (QED) is 0.878. The molecule has 2 amide bonds. The molecular weight excluding hydrogens is 275 g/mol. The Morgan fingerprint density at radius 3 is 2.89 bits per heavy atom. The predicted octanol–water partition coefficient (Wildman–Crippen LogP) is 3.21. The van der Waals surface area contributed by atoms with Crippen LogP contribution in [0.5, 0.6) is 0 Å². The van der Waals surface area contributed by atoms with Gasteiger partial charge in [-0.2, -0.15) is 0 Å². The van der Waals surface area contributed by atoms with Crippen molar-refractivity contribution in [1.82, 2.24) is 5.32 Å². The molecule has 0 radical (unpaired) electrons. The van der Waals surface area contributed by atoms with Gasteiger partial charge in [0.05, 0.1) is 28.4 Å². The normalized spacial score (nSPS) is 18.7. The van der Waals surface area contributed by atoms with E-state index >= 15 is 0 Å². The van der Waals surface area contributed by atoms with Crippen LogP contribution >= 0.6 is 23.2 Å². The van der Waals surface area contributed by atoms with Crippen molar-refractivity contribution in [3.05, 3.63) is 27.7 Å². The number of aryl methyl sites for hydroxylation is 1. The second-order valence-electron chi connectivity index (χ2n) is 4.21. The molecule has 0 spiro atoms. The first-order valence-corrected chi connectivity index (χ1v) is 6.43. The lowest BCUT2D eigenvalue weighted by atomic mass is 10.2. The van der Waals surface area contributed by atoms with Crippen molar-refractivity contribution in [2.24, 2.45) is 0 Å². The highest BCUT2D eigenvalue weighted by molar-refractivity contribution is 6.40. The molecule has 1 aromatic carbocycles. The predicted molar refractivity (Wildman–Crippen MR) is 72.6 cm³/mol. The number of carbonyl (C=O) groups is 1. The molecule has 1 aromatic rings. The van der Waals surface area contributed by atoms with Gasteiger partial charge in [-0.1, -0.05) is 29.3 Å². The van der Waals surface area contributed by atoms with Gasteiger partial charge in [0.2, 0.25) is 0 Å². The van der Waals surface area contributed by atoms with Crippen molar-refractivity contribution in [2.45, 2.75) is 19.4 Å². The van der Waals surface area contributed by atoms with Gasteiger partial charge in [-0.3, -0.25) is 0 Å². The number of halogens is 2. The van der Waals surface area contributed by atoms with E-state index < -0.39 is 0 Å². The topological polar surface area (TPSA) is 50.4 Å². The minimum Gasteiger partial charge on any atom is -0.379 e. The summed E-state index contributed by atoms with van der Waals surface area (Å²) in [5.41, 5.74) is 1.30. The Bertz CT molecular complexity index is 460. The highest BCUT2D eigenvalue weighted by atomic mass is 35.5. The van der Waals surface area contributed by atoms with Gasteiger partial charge in [-0.05, 0) is 25.0 Å². The zero-order valence-corrected chi connectivity index (χ0v) is 11.4. The van der Waals surface area contributed by atoms with Crippen molar-refractivity contribution in [3.8, 4) is 0 Å². The molecule has 0 aliphatic carbocycles. The van der Waals surface area contributed by atoms with E-state index in [9.17, 15) is 4.79 Å². The third-order valence-electron chi connectivity index (χ3n) is 2.79. The Labute approximate surface area is 116 Å². The molecule has 18 heavy (non-hydrogen) atoms. The summed E-state index contributed by atoms with van der Waals surface area (Å²) >= 11 is 12.1. The van der Waals surface area contributed by atoms with Crippen LogP contribution in [0.3, 0.4) is 0 Å². The number of carbonyl (C=O) groups excluding carboxylic acids is 1. The molecule has 1 unspecified atom stereocenters. The molecule has 1 aliphatic rings. The van der Waals surface area contributed by atoms with E-state index in [1.165, 1.54) is 0 Å². The lowest BCUT2D eigenvalue weighted by Gasteiger charge is -2.14. The van der Waals surface area contributed by atoms with Crippen LogP contribution in [0.4, 0.5) is 10.5 Å². The zero-order chi connectivity index (χ0) is 13.1. The van der Waals surface area contributed by atoms with Gasteiger partial charge in [0.25, 0.3) is 0 Å². The number of amides is 2. The number of rotatable bonds is 2. The fourth-order valence-electron chi connectivity index (χ4n) is 1.75. The summed E-state index contributed by atoms with van der Waals surface area (Å²) in [6.45, 7) is 3.08. The molecule has 1 atom stereocenters. The smallest absolute Gasteiger partial charge is 0.319 e. The third-order valence-corrected chi connectivity index (χ3v) is 3.59. The van der Waals surface area contributed by atoms with Gasteiger partial charge in [0.1, 0.15) is 0 Å². The van der Waals surface area contributed by atoms with Crippen molar-refractivity contribution < 1.29 is 9.53 Å². The maximum absolute atomic E-state index is 11.8. The summed E-state index contributed by atoms with van der Waals surface area (Å²) in [5.74, 6) is 0.